The number of primary amides is 1. The van der Waals surface area contributed by atoms with E-state index in [-0.39, 0.29) is 0 Å². The summed E-state index contributed by atoms with van der Waals surface area (Å²) in [6, 6.07) is 6.49. The molecule has 0 radical (unpaired) electrons. The lowest BCUT2D eigenvalue weighted by Crippen LogP contribution is -2.39. The Bertz CT molecular complexity index is 423. The highest BCUT2D eigenvalue weighted by molar-refractivity contribution is 8.00. The monoisotopic (exact) mass is 254 g/mol. The van der Waals surface area contributed by atoms with Gasteiger partial charge in [0.05, 0.1) is 12.4 Å². The number of benzene rings is 1. The number of hydrogen-bond acceptors (Lipinski definition) is 4. The van der Waals surface area contributed by atoms with Crippen molar-refractivity contribution >= 4 is 23.7 Å². The molecule has 1 aromatic rings. The molecule has 0 saturated heterocycles. The summed E-state index contributed by atoms with van der Waals surface area (Å²) in [4.78, 5) is 22.9. The Labute approximate surface area is 104 Å². The third kappa shape index (κ3) is 4.36. The third-order valence-electron chi connectivity index (χ3n) is 1.97. The van der Waals surface area contributed by atoms with Gasteiger partial charge in [-0.3, -0.25) is 10.1 Å². The van der Waals surface area contributed by atoms with Gasteiger partial charge in [-0.2, -0.15) is 0 Å². The van der Waals surface area contributed by atoms with Crippen LogP contribution in [0.15, 0.2) is 29.2 Å². The van der Waals surface area contributed by atoms with E-state index in [1.54, 1.807) is 14.0 Å². The van der Waals surface area contributed by atoms with Gasteiger partial charge in [0.2, 0.25) is 5.91 Å². The first-order valence-corrected chi connectivity index (χ1v) is 5.82. The largest absolute Gasteiger partial charge is 0.497 e. The van der Waals surface area contributed by atoms with Gasteiger partial charge in [0, 0.05) is 4.90 Å². The number of carbonyl (C=O) groups excluding carboxylic acids is 2. The van der Waals surface area contributed by atoms with Gasteiger partial charge in [0.25, 0.3) is 0 Å². The molecule has 0 aliphatic rings. The van der Waals surface area contributed by atoms with Crippen LogP contribution in [-0.4, -0.2) is 24.3 Å². The second-order valence-electron chi connectivity index (χ2n) is 3.29. The van der Waals surface area contributed by atoms with E-state index in [2.05, 4.69) is 0 Å². The van der Waals surface area contributed by atoms with E-state index in [0.717, 1.165) is 10.6 Å². The minimum absolute atomic E-state index is 0.408. The number of ether oxygens (including phenoxy) is 1. The SMILES string of the molecule is COc1cccc(SC(C)C(=O)NC(N)=O)c1. The highest BCUT2D eigenvalue weighted by Crippen LogP contribution is 2.26. The van der Waals surface area contributed by atoms with Gasteiger partial charge in [-0.25, -0.2) is 4.79 Å². The maximum atomic E-state index is 11.4. The molecule has 6 heteroatoms. The molecule has 0 fully saturated rings. The van der Waals surface area contributed by atoms with Crippen molar-refractivity contribution in [2.75, 3.05) is 7.11 Å². The van der Waals surface area contributed by atoms with Crippen LogP contribution in [0.5, 0.6) is 5.75 Å². The molecule has 5 nitrogen and oxygen atoms in total. The molecule has 17 heavy (non-hydrogen) atoms. The van der Waals surface area contributed by atoms with Gasteiger partial charge in [-0.1, -0.05) is 6.07 Å². The van der Waals surface area contributed by atoms with Gasteiger partial charge in [0.15, 0.2) is 0 Å². The van der Waals surface area contributed by atoms with Crippen LogP contribution in [0.3, 0.4) is 0 Å². The first-order valence-electron chi connectivity index (χ1n) is 4.94. The van der Waals surface area contributed by atoms with Crippen molar-refractivity contribution in [1.82, 2.24) is 5.32 Å². The Morgan fingerprint density at radius 1 is 1.47 bits per heavy atom. The van der Waals surface area contributed by atoms with Crippen LogP contribution in [0, 0.1) is 0 Å². The summed E-state index contributed by atoms with van der Waals surface area (Å²) >= 11 is 1.32. The van der Waals surface area contributed by atoms with Gasteiger partial charge < -0.3 is 10.5 Å². The van der Waals surface area contributed by atoms with Gasteiger partial charge in [0.1, 0.15) is 5.75 Å². The van der Waals surface area contributed by atoms with Crippen LogP contribution in [-0.2, 0) is 4.79 Å². The van der Waals surface area contributed by atoms with E-state index in [0.29, 0.717) is 0 Å². The number of imide groups is 1. The molecule has 0 saturated carbocycles. The predicted octanol–water partition coefficient (Wildman–Crippen LogP) is 1.37. The molecule has 92 valence electrons. The number of nitrogens with two attached hydrogens (primary N) is 1. The Morgan fingerprint density at radius 2 is 2.18 bits per heavy atom. The molecule has 0 spiro atoms. The molecule has 0 heterocycles. The summed E-state index contributed by atoms with van der Waals surface area (Å²) in [5, 5.41) is 1.63. The maximum Gasteiger partial charge on any atom is 0.318 e. The van der Waals surface area contributed by atoms with Gasteiger partial charge in [-0.05, 0) is 25.1 Å². The number of methoxy groups -OCH3 is 1. The highest BCUT2D eigenvalue weighted by atomic mass is 32.2. The molecule has 0 aromatic heterocycles. The maximum absolute atomic E-state index is 11.4. The van der Waals surface area contributed by atoms with Crippen molar-refractivity contribution in [3.05, 3.63) is 24.3 Å². The average molecular weight is 254 g/mol. The van der Waals surface area contributed by atoms with Crippen LogP contribution < -0.4 is 15.8 Å². The summed E-state index contributed by atoms with van der Waals surface area (Å²) in [6.45, 7) is 1.70. The summed E-state index contributed by atoms with van der Waals surface area (Å²) in [5.41, 5.74) is 4.87. The molecule has 0 aliphatic carbocycles. The summed E-state index contributed by atoms with van der Waals surface area (Å²) < 4.78 is 5.07. The van der Waals surface area contributed by atoms with Crippen LogP contribution >= 0.6 is 11.8 Å². The minimum Gasteiger partial charge on any atom is -0.497 e. The number of carbonyl (C=O) groups is 2. The molecule has 0 aliphatic heterocycles. The molecular formula is C11H14N2O3S. The van der Waals surface area contributed by atoms with Gasteiger partial charge >= 0.3 is 6.03 Å². The Balaban J connectivity index is 2.63. The van der Waals surface area contributed by atoms with Crippen molar-refractivity contribution in [2.24, 2.45) is 5.73 Å². The number of amides is 3. The lowest BCUT2D eigenvalue weighted by atomic mass is 10.3. The van der Waals surface area contributed by atoms with Crippen molar-refractivity contribution in [3.8, 4) is 5.75 Å². The smallest absolute Gasteiger partial charge is 0.318 e. The first-order chi connectivity index (χ1) is 8.02. The molecule has 1 unspecified atom stereocenters. The number of hydrogen-bond donors (Lipinski definition) is 2. The zero-order chi connectivity index (χ0) is 12.8. The Morgan fingerprint density at radius 3 is 2.76 bits per heavy atom. The van der Waals surface area contributed by atoms with Crippen LogP contribution in [0.2, 0.25) is 0 Å². The molecule has 3 N–H and O–H groups in total. The fourth-order valence-electron chi connectivity index (χ4n) is 1.16. The van der Waals surface area contributed by atoms with Crippen LogP contribution in [0.4, 0.5) is 4.79 Å². The molecule has 0 bridgehead atoms. The van der Waals surface area contributed by atoms with Crippen LogP contribution in [0.1, 0.15) is 6.92 Å². The molecule has 1 aromatic carbocycles. The van der Waals surface area contributed by atoms with E-state index in [9.17, 15) is 9.59 Å². The van der Waals surface area contributed by atoms with E-state index in [1.165, 1.54) is 11.8 Å². The van der Waals surface area contributed by atoms with Gasteiger partial charge in [-0.15, -0.1) is 11.8 Å². The van der Waals surface area contributed by atoms with Crippen molar-refractivity contribution in [2.45, 2.75) is 17.1 Å². The topological polar surface area (TPSA) is 81.4 Å². The quantitative estimate of drug-likeness (QED) is 0.795. The standard InChI is InChI=1S/C11H14N2O3S/c1-7(10(14)13-11(12)15)17-9-5-3-4-8(6-9)16-2/h3-7H,1-2H3,(H3,12,13,14,15). The van der Waals surface area contributed by atoms with Crippen molar-refractivity contribution < 1.29 is 14.3 Å². The predicted molar refractivity (Wildman–Crippen MR) is 66.0 cm³/mol. The van der Waals surface area contributed by atoms with E-state index < -0.39 is 17.2 Å². The first kappa shape index (κ1) is 13.4. The highest BCUT2D eigenvalue weighted by Gasteiger charge is 2.15. The minimum atomic E-state index is -0.840. The molecule has 3 amide bonds. The lowest BCUT2D eigenvalue weighted by Gasteiger charge is -2.10. The fourth-order valence-corrected chi connectivity index (χ4v) is 2.07. The van der Waals surface area contributed by atoms with E-state index in [4.69, 9.17) is 10.5 Å². The zero-order valence-corrected chi connectivity index (χ0v) is 10.4. The van der Waals surface area contributed by atoms with Crippen molar-refractivity contribution in [3.63, 3.8) is 0 Å². The fraction of sp³-hybridized carbons (Fsp3) is 0.273. The van der Waals surface area contributed by atoms with E-state index >= 15 is 0 Å². The number of nitrogens with one attached hydrogen (secondary N) is 1. The number of rotatable bonds is 4. The summed E-state index contributed by atoms with van der Waals surface area (Å²) in [5.74, 6) is 0.308. The normalized spacial score (nSPS) is 11.6. The average Bonchev–Trinajstić information content (AvgIpc) is 2.28. The summed E-state index contributed by atoms with van der Waals surface area (Å²) in [6.07, 6.45) is 0. The second kappa shape index (κ2) is 6.15. The third-order valence-corrected chi connectivity index (χ3v) is 3.06. The number of thioether (sulfide) groups is 1. The summed E-state index contributed by atoms with van der Waals surface area (Å²) in [7, 11) is 1.58. The molecule has 1 atom stereocenters. The Hall–Kier alpha value is -1.69. The van der Waals surface area contributed by atoms with Crippen LogP contribution in [0.25, 0.3) is 0 Å². The molecular weight excluding hydrogens is 240 g/mol. The molecule has 1 rings (SSSR count). The lowest BCUT2D eigenvalue weighted by molar-refractivity contribution is -0.119. The van der Waals surface area contributed by atoms with E-state index in [1.807, 2.05) is 29.6 Å². The van der Waals surface area contributed by atoms with Crippen molar-refractivity contribution in [1.29, 1.82) is 0 Å². The Kier molecular flexibility index (Phi) is 4.84. The number of urea groups is 1. The zero-order valence-electron chi connectivity index (χ0n) is 9.60. The second-order valence-corrected chi connectivity index (χ2v) is 4.71.